The lowest BCUT2D eigenvalue weighted by Gasteiger charge is -2.36. The van der Waals surface area contributed by atoms with E-state index in [1.807, 2.05) is 0 Å². The maximum absolute atomic E-state index is 12.2. The highest BCUT2D eigenvalue weighted by atomic mass is 16.1. The van der Waals surface area contributed by atoms with Gasteiger partial charge in [-0.3, -0.25) is 4.79 Å². The van der Waals surface area contributed by atoms with E-state index in [0.29, 0.717) is 17.1 Å². The molecule has 0 heterocycles. The molecule has 0 atom stereocenters. The Bertz CT molecular complexity index is 269. The summed E-state index contributed by atoms with van der Waals surface area (Å²) in [5.74, 6) is 1.70. The summed E-state index contributed by atoms with van der Waals surface area (Å²) in [4.78, 5) is 12.2. The fourth-order valence-electron chi connectivity index (χ4n) is 2.98. The number of Topliss-reactive ketones (excluding diaryl/α,β-unsaturated/α-hetero) is 1. The minimum atomic E-state index is 0.290. The molecule has 0 aromatic carbocycles. The highest BCUT2D eigenvalue weighted by molar-refractivity contribution is 5.81. The van der Waals surface area contributed by atoms with E-state index >= 15 is 0 Å². The van der Waals surface area contributed by atoms with Crippen LogP contribution < -0.4 is 0 Å². The summed E-state index contributed by atoms with van der Waals surface area (Å²) >= 11 is 0. The lowest BCUT2D eigenvalue weighted by molar-refractivity contribution is -0.124. The maximum atomic E-state index is 12.2. The van der Waals surface area contributed by atoms with Crippen LogP contribution in [-0.2, 0) is 4.79 Å². The first-order valence-corrected chi connectivity index (χ1v) is 7.62. The van der Waals surface area contributed by atoms with Gasteiger partial charge in [0.2, 0.25) is 0 Å². The van der Waals surface area contributed by atoms with Crippen LogP contribution in [0.4, 0.5) is 0 Å². The van der Waals surface area contributed by atoms with Crippen LogP contribution in [0, 0.1) is 22.7 Å². The van der Waals surface area contributed by atoms with Crippen LogP contribution in [0.2, 0.25) is 0 Å². The molecule has 1 fully saturated rings. The molecule has 1 saturated carbocycles. The molecule has 1 aliphatic carbocycles. The molecule has 0 aromatic rings. The summed E-state index contributed by atoms with van der Waals surface area (Å²) < 4.78 is 0. The van der Waals surface area contributed by atoms with Gasteiger partial charge in [-0.1, -0.05) is 41.5 Å². The Morgan fingerprint density at radius 1 is 0.944 bits per heavy atom. The molecule has 1 rings (SSSR count). The van der Waals surface area contributed by atoms with Gasteiger partial charge in [0.1, 0.15) is 5.78 Å². The van der Waals surface area contributed by atoms with Gasteiger partial charge in [0, 0.05) is 12.3 Å². The third-order valence-electron chi connectivity index (χ3n) is 4.53. The average molecular weight is 252 g/mol. The molecule has 1 heteroatoms. The maximum Gasteiger partial charge on any atom is 0.135 e. The summed E-state index contributed by atoms with van der Waals surface area (Å²) in [7, 11) is 0. The van der Waals surface area contributed by atoms with Crippen LogP contribution in [0.25, 0.3) is 0 Å². The normalized spacial score (nSPS) is 26.1. The predicted molar refractivity (Wildman–Crippen MR) is 78.6 cm³/mol. The molecule has 0 N–H and O–H groups in total. The fourth-order valence-corrected chi connectivity index (χ4v) is 2.98. The van der Waals surface area contributed by atoms with Crippen molar-refractivity contribution in [3.8, 4) is 0 Å². The zero-order valence-electron chi connectivity index (χ0n) is 13.3. The summed E-state index contributed by atoms with van der Waals surface area (Å²) in [6.07, 6.45) is 6.57. The van der Waals surface area contributed by atoms with E-state index in [-0.39, 0.29) is 5.41 Å². The van der Waals surface area contributed by atoms with Gasteiger partial charge in [0.25, 0.3) is 0 Å². The Balaban J connectivity index is 2.37. The molecule has 1 nitrogen and oxygen atoms in total. The molecule has 0 radical (unpaired) electrons. The molecule has 18 heavy (non-hydrogen) atoms. The van der Waals surface area contributed by atoms with E-state index in [9.17, 15) is 4.79 Å². The van der Waals surface area contributed by atoms with E-state index in [1.165, 1.54) is 12.8 Å². The third kappa shape index (κ3) is 5.12. The standard InChI is InChI=1S/C17H32O/c1-16(2,3)12-11-15(18)13-7-9-14(10-8-13)17(4,5)6/h13-14H,7-12H2,1-6H3. The van der Waals surface area contributed by atoms with Crippen molar-refractivity contribution in [2.24, 2.45) is 22.7 Å². The van der Waals surface area contributed by atoms with Gasteiger partial charge < -0.3 is 0 Å². The van der Waals surface area contributed by atoms with Crippen LogP contribution in [0.3, 0.4) is 0 Å². The van der Waals surface area contributed by atoms with Gasteiger partial charge in [-0.2, -0.15) is 0 Å². The van der Waals surface area contributed by atoms with Gasteiger partial charge in [-0.15, -0.1) is 0 Å². The second kappa shape index (κ2) is 5.75. The zero-order chi connectivity index (χ0) is 14.0. The van der Waals surface area contributed by atoms with Crippen molar-refractivity contribution in [2.75, 3.05) is 0 Å². The first-order chi connectivity index (χ1) is 8.09. The molecule has 0 amide bonds. The van der Waals surface area contributed by atoms with Gasteiger partial charge in [0.15, 0.2) is 0 Å². The van der Waals surface area contributed by atoms with Gasteiger partial charge in [0.05, 0.1) is 0 Å². The Kier molecular flexibility index (Phi) is 5.03. The van der Waals surface area contributed by atoms with Gasteiger partial charge in [-0.05, 0) is 48.9 Å². The second-order valence-electron chi connectivity index (χ2n) is 8.44. The molecule has 0 saturated heterocycles. The molecule has 1 aliphatic rings. The van der Waals surface area contributed by atoms with E-state index in [0.717, 1.165) is 31.6 Å². The molecular formula is C17H32O. The van der Waals surface area contributed by atoms with E-state index in [1.54, 1.807) is 0 Å². The number of carbonyl (C=O) groups excluding carboxylic acids is 1. The average Bonchev–Trinajstić information content (AvgIpc) is 2.24. The number of hydrogen-bond acceptors (Lipinski definition) is 1. The van der Waals surface area contributed by atoms with Crippen molar-refractivity contribution in [3.05, 3.63) is 0 Å². The molecule has 0 unspecified atom stereocenters. The molecule has 0 aliphatic heterocycles. The largest absolute Gasteiger partial charge is 0.299 e. The number of rotatable bonds is 3. The van der Waals surface area contributed by atoms with Crippen molar-refractivity contribution in [3.63, 3.8) is 0 Å². The monoisotopic (exact) mass is 252 g/mol. The second-order valence-corrected chi connectivity index (χ2v) is 8.44. The SMILES string of the molecule is CC(C)(C)CCC(=O)C1CCC(C(C)(C)C)CC1. The number of ketones is 1. The predicted octanol–water partition coefficient (Wildman–Crippen LogP) is 5.23. The first-order valence-electron chi connectivity index (χ1n) is 7.62. The number of carbonyl (C=O) groups is 1. The van der Waals surface area contributed by atoms with Crippen molar-refractivity contribution < 1.29 is 4.79 Å². The van der Waals surface area contributed by atoms with Crippen LogP contribution in [0.5, 0.6) is 0 Å². The zero-order valence-corrected chi connectivity index (χ0v) is 13.3. The highest BCUT2D eigenvalue weighted by Crippen LogP contribution is 2.40. The summed E-state index contributed by atoms with van der Waals surface area (Å²) in [5.41, 5.74) is 0.706. The lowest BCUT2D eigenvalue weighted by Crippen LogP contribution is -2.29. The lowest BCUT2D eigenvalue weighted by atomic mass is 9.68. The summed E-state index contributed by atoms with van der Waals surface area (Å²) in [6, 6.07) is 0. The van der Waals surface area contributed by atoms with E-state index in [4.69, 9.17) is 0 Å². The Morgan fingerprint density at radius 2 is 1.44 bits per heavy atom. The van der Waals surface area contributed by atoms with Crippen LogP contribution >= 0.6 is 0 Å². The van der Waals surface area contributed by atoms with Crippen molar-refractivity contribution in [1.29, 1.82) is 0 Å². The molecule has 0 aromatic heterocycles. The van der Waals surface area contributed by atoms with Crippen molar-refractivity contribution in [2.45, 2.75) is 80.1 Å². The van der Waals surface area contributed by atoms with E-state index in [2.05, 4.69) is 41.5 Å². The molecule has 0 bridgehead atoms. The minimum absolute atomic E-state index is 0.290. The van der Waals surface area contributed by atoms with Crippen LogP contribution in [-0.4, -0.2) is 5.78 Å². The first kappa shape index (κ1) is 15.7. The summed E-state index contributed by atoms with van der Waals surface area (Å²) in [5, 5.41) is 0. The molecule has 106 valence electrons. The highest BCUT2D eigenvalue weighted by Gasteiger charge is 2.32. The molecular weight excluding hydrogens is 220 g/mol. The minimum Gasteiger partial charge on any atom is -0.299 e. The summed E-state index contributed by atoms with van der Waals surface area (Å²) in [6.45, 7) is 13.7. The van der Waals surface area contributed by atoms with Crippen LogP contribution in [0.15, 0.2) is 0 Å². The van der Waals surface area contributed by atoms with Crippen molar-refractivity contribution in [1.82, 2.24) is 0 Å². The third-order valence-corrected chi connectivity index (χ3v) is 4.53. The van der Waals surface area contributed by atoms with Gasteiger partial charge >= 0.3 is 0 Å². The smallest absolute Gasteiger partial charge is 0.135 e. The number of hydrogen-bond donors (Lipinski definition) is 0. The van der Waals surface area contributed by atoms with Gasteiger partial charge in [-0.25, -0.2) is 0 Å². The van der Waals surface area contributed by atoms with Crippen molar-refractivity contribution >= 4 is 5.78 Å². The fraction of sp³-hybridized carbons (Fsp3) is 0.941. The molecule has 0 spiro atoms. The van der Waals surface area contributed by atoms with E-state index < -0.39 is 0 Å². The Morgan fingerprint density at radius 3 is 1.83 bits per heavy atom. The quantitative estimate of drug-likeness (QED) is 0.672. The Labute approximate surface area is 114 Å². The van der Waals surface area contributed by atoms with Crippen LogP contribution in [0.1, 0.15) is 80.1 Å². The Hall–Kier alpha value is -0.330. The topological polar surface area (TPSA) is 17.1 Å².